The quantitative estimate of drug-likeness (QED) is 0.521. The standard InChI is InChI=1S/C26H34N6O3S/c1-19(33)30-15-17-31(18-16-30)23-5-4-6-24-22(23)12-14-32(24)25-11-13-27-26(28-25)29(2)20-7-9-21(10-8-20)36(3,34)35/h4-6,11-14,20-21H,7-10,15-18H2,1-3H3. The lowest BCUT2D eigenvalue weighted by atomic mass is 9.94. The third-order valence-corrected chi connectivity index (χ3v) is 9.45. The van der Waals surface area contributed by atoms with Gasteiger partial charge in [-0.3, -0.25) is 4.79 Å². The molecule has 1 saturated heterocycles. The van der Waals surface area contributed by atoms with Gasteiger partial charge in [0.05, 0.1) is 10.8 Å². The van der Waals surface area contributed by atoms with Gasteiger partial charge in [0.1, 0.15) is 15.7 Å². The maximum absolute atomic E-state index is 11.9. The van der Waals surface area contributed by atoms with Crippen molar-refractivity contribution < 1.29 is 13.2 Å². The van der Waals surface area contributed by atoms with Crippen molar-refractivity contribution in [2.75, 3.05) is 49.3 Å². The SMILES string of the molecule is CC(=O)N1CCN(c2cccc3c2ccn3-c2ccnc(N(C)C3CCC(S(C)(=O)=O)CC3)n2)CC1. The van der Waals surface area contributed by atoms with Crippen molar-refractivity contribution in [3.05, 3.63) is 42.7 Å². The van der Waals surface area contributed by atoms with E-state index in [1.165, 1.54) is 11.9 Å². The van der Waals surface area contributed by atoms with Crippen LogP contribution < -0.4 is 9.80 Å². The fourth-order valence-electron chi connectivity index (χ4n) is 5.56. The molecule has 0 radical (unpaired) electrons. The molecular formula is C26H34N6O3S. The summed E-state index contributed by atoms with van der Waals surface area (Å²) in [6.07, 6.45) is 8.16. The van der Waals surface area contributed by atoms with Gasteiger partial charge < -0.3 is 19.3 Å². The van der Waals surface area contributed by atoms with Crippen LogP contribution in [0.1, 0.15) is 32.6 Å². The van der Waals surface area contributed by atoms with Crippen LogP contribution in [0.3, 0.4) is 0 Å². The first-order chi connectivity index (χ1) is 17.2. The van der Waals surface area contributed by atoms with Gasteiger partial charge in [-0.1, -0.05) is 6.07 Å². The van der Waals surface area contributed by atoms with Crippen LogP contribution in [0.25, 0.3) is 16.7 Å². The van der Waals surface area contributed by atoms with Gasteiger partial charge in [-0.25, -0.2) is 13.4 Å². The lowest BCUT2D eigenvalue weighted by Gasteiger charge is -2.36. The molecule has 192 valence electrons. The molecule has 0 bridgehead atoms. The Balaban J connectivity index is 1.36. The average molecular weight is 511 g/mol. The molecule has 3 aromatic rings. The number of fused-ring (bicyclic) bond motifs is 1. The summed E-state index contributed by atoms with van der Waals surface area (Å²) in [7, 11) is -0.992. The fraction of sp³-hybridized carbons (Fsp3) is 0.500. The van der Waals surface area contributed by atoms with Crippen LogP contribution >= 0.6 is 0 Å². The van der Waals surface area contributed by atoms with E-state index >= 15 is 0 Å². The van der Waals surface area contributed by atoms with Crippen molar-refractivity contribution in [2.24, 2.45) is 0 Å². The van der Waals surface area contributed by atoms with Crippen LogP contribution in [0.5, 0.6) is 0 Å². The van der Waals surface area contributed by atoms with E-state index in [1.54, 1.807) is 13.1 Å². The zero-order valence-corrected chi connectivity index (χ0v) is 22.0. The Morgan fingerprint density at radius 1 is 1.03 bits per heavy atom. The summed E-state index contributed by atoms with van der Waals surface area (Å²) >= 11 is 0. The number of benzene rings is 1. The predicted molar refractivity (Wildman–Crippen MR) is 143 cm³/mol. The molecule has 1 aliphatic carbocycles. The zero-order chi connectivity index (χ0) is 25.4. The van der Waals surface area contributed by atoms with Gasteiger partial charge >= 0.3 is 0 Å². The van der Waals surface area contributed by atoms with Gasteiger partial charge in [0.15, 0.2) is 0 Å². The monoisotopic (exact) mass is 510 g/mol. The first-order valence-electron chi connectivity index (χ1n) is 12.6. The van der Waals surface area contributed by atoms with Crippen LogP contribution in [-0.2, 0) is 14.6 Å². The second-order valence-corrected chi connectivity index (χ2v) is 12.3. The molecule has 1 amide bonds. The summed E-state index contributed by atoms with van der Waals surface area (Å²) in [5.41, 5.74) is 2.24. The van der Waals surface area contributed by atoms with Crippen molar-refractivity contribution >= 4 is 38.3 Å². The average Bonchev–Trinajstić information content (AvgIpc) is 3.32. The third kappa shape index (κ3) is 4.78. The minimum absolute atomic E-state index is 0.131. The Kier molecular flexibility index (Phi) is 6.63. The molecule has 9 nitrogen and oxygen atoms in total. The molecule has 10 heteroatoms. The van der Waals surface area contributed by atoms with E-state index in [9.17, 15) is 13.2 Å². The summed E-state index contributed by atoms with van der Waals surface area (Å²) in [5, 5.41) is 0.918. The maximum atomic E-state index is 11.9. The number of rotatable bonds is 5. The largest absolute Gasteiger partial charge is 0.367 e. The number of hydrogen-bond donors (Lipinski definition) is 0. The molecule has 2 aromatic heterocycles. The molecule has 5 rings (SSSR count). The Morgan fingerprint density at radius 2 is 1.75 bits per heavy atom. The van der Waals surface area contributed by atoms with Crippen LogP contribution in [0.15, 0.2) is 42.7 Å². The molecule has 0 N–H and O–H groups in total. The Labute approximate surface area is 212 Å². The van der Waals surface area contributed by atoms with E-state index in [2.05, 4.69) is 43.6 Å². The molecule has 0 atom stereocenters. The summed E-state index contributed by atoms with van der Waals surface area (Å²) in [5.74, 6) is 1.57. The van der Waals surface area contributed by atoms with Gasteiger partial charge in [-0.05, 0) is 49.9 Å². The third-order valence-electron chi connectivity index (χ3n) is 7.76. The number of amides is 1. The highest BCUT2D eigenvalue weighted by molar-refractivity contribution is 7.91. The maximum Gasteiger partial charge on any atom is 0.227 e. The molecule has 1 aliphatic heterocycles. The minimum Gasteiger partial charge on any atom is -0.367 e. The van der Waals surface area contributed by atoms with E-state index in [4.69, 9.17) is 4.98 Å². The van der Waals surface area contributed by atoms with Crippen LogP contribution in [0.2, 0.25) is 0 Å². The minimum atomic E-state index is -2.99. The highest BCUT2D eigenvalue weighted by atomic mass is 32.2. The summed E-state index contributed by atoms with van der Waals surface area (Å²) in [4.78, 5) is 27.5. The van der Waals surface area contributed by atoms with E-state index in [0.717, 1.165) is 55.7 Å². The molecule has 0 spiro atoms. The van der Waals surface area contributed by atoms with E-state index in [-0.39, 0.29) is 17.2 Å². The van der Waals surface area contributed by atoms with Gasteiger partial charge in [0.25, 0.3) is 0 Å². The van der Waals surface area contributed by atoms with Crippen LogP contribution in [-0.4, -0.2) is 84.5 Å². The molecule has 1 saturated carbocycles. The van der Waals surface area contributed by atoms with Crippen molar-refractivity contribution in [1.82, 2.24) is 19.4 Å². The van der Waals surface area contributed by atoms with Crippen LogP contribution in [0.4, 0.5) is 11.6 Å². The van der Waals surface area contributed by atoms with E-state index in [0.29, 0.717) is 18.8 Å². The number of anilines is 2. The molecular weight excluding hydrogens is 476 g/mol. The predicted octanol–water partition coefficient (Wildman–Crippen LogP) is 2.88. The van der Waals surface area contributed by atoms with E-state index < -0.39 is 9.84 Å². The number of sulfone groups is 1. The Hall–Kier alpha value is -3.14. The summed E-state index contributed by atoms with van der Waals surface area (Å²) in [6, 6.07) is 10.6. The molecule has 2 aliphatic rings. The fourth-order valence-corrected chi connectivity index (χ4v) is 6.68. The second-order valence-electron chi connectivity index (χ2n) is 9.97. The molecule has 0 unspecified atom stereocenters. The first kappa shape index (κ1) is 24.5. The van der Waals surface area contributed by atoms with E-state index in [1.807, 2.05) is 24.2 Å². The van der Waals surface area contributed by atoms with Crippen molar-refractivity contribution in [3.8, 4) is 5.82 Å². The Morgan fingerprint density at radius 3 is 2.42 bits per heavy atom. The highest BCUT2D eigenvalue weighted by Gasteiger charge is 2.30. The molecule has 3 heterocycles. The normalized spacial score (nSPS) is 21.1. The van der Waals surface area contributed by atoms with Crippen molar-refractivity contribution in [2.45, 2.75) is 43.9 Å². The van der Waals surface area contributed by atoms with Gasteiger partial charge in [0, 0.05) is 75.9 Å². The summed E-state index contributed by atoms with van der Waals surface area (Å²) in [6.45, 7) is 4.73. The number of piperazine rings is 1. The lowest BCUT2D eigenvalue weighted by Crippen LogP contribution is -2.48. The van der Waals surface area contributed by atoms with Gasteiger partial charge in [-0.15, -0.1) is 0 Å². The lowest BCUT2D eigenvalue weighted by molar-refractivity contribution is -0.129. The smallest absolute Gasteiger partial charge is 0.227 e. The number of nitrogens with zero attached hydrogens (tertiary/aromatic N) is 6. The molecule has 1 aromatic carbocycles. The molecule has 36 heavy (non-hydrogen) atoms. The first-order valence-corrected chi connectivity index (χ1v) is 14.5. The number of carbonyl (C=O) groups excluding carboxylic acids is 1. The van der Waals surface area contributed by atoms with Crippen LogP contribution in [0, 0.1) is 0 Å². The zero-order valence-electron chi connectivity index (χ0n) is 21.2. The highest BCUT2D eigenvalue weighted by Crippen LogP contribution is 2.31. The van der Waals surface area contributed by atoms with Crippen molar-refractivity contribution in [1.29, 1.82) is 0 Å². The number of aromatic nitrogens is 3. The van der Waals surface area contributed by atoms with Gasteiger partial charge in [0.2, 0.25) is 11.9 Å². The van der Waals surface area contributed by atoms with Crippen molar-refractivity contribution in [3.63, 3.8) is 0 Å². The number of hydrogen-bond acceptors (Lipinski definition) is 7. The summed E-state index contributed by atoms with van der Waals surface area (Å²) < 4.78 is 25.9. The second kappa shape index (κ2) is 9.72. The van der Waals surface area contributed by atoms with Gasteiger partial charge in [-0.2, -0.15) is 4.98 Å². The topological polar surface area (TPSA) is 91.6 Å². The Bertz CT molecular complexity index is 1360. The number of carbonyl (C=O) groups is 1. The molecule has 2 fully saturated rings.